The van der Waals surface area contributed by atoms with Crippen molar-refractivity contribution in [2.45, 2.75) is 20.0 Å². The number of hydrogen-bond donors (Lipinski definition) is 0. The van der Waals surface area contributed by atoms with Crippen LogP contribution in [0.5, 0.6) is 5.75 Å². The van der Waals surface area contributed by atoms with Gasteiger partial charge in [0.25, 0.3) is 5.91 Å². The molecule has 29 heavy (non-hydrogen) atoms. The zero-order valence-corrected chi connectivity index (χ0v) is 17.1. The lowest BCUT2D eigenvalue weighted by Crippen LogP contribution is -2.42. The Bertz CT molecular complexity index is 1040. The van der Waals surface area contributed by atoms with E-state index >= 15 is 0 Å². The predicted octanol–water partition coefficient (Wildman–Crippen LogP) is 2.44. The fourth-order valence-electron chi connectivity index (χ4n) is 3.81. The molecule has 1 fully saturated rings. The Hall–Kier alpha value is -3.13. The van der Waals surface area contributed by atoms with Gasteiger partial charge >= 0.3 is 0 Å². The van der Waals surface area contributed by atoms with E-state index in [2.05, 4.69) is 10.1 Å². The molecule has 1 amide bonds. The Labute approximate surface area is 169 Å². The summed E-state index contributed by atoms with van der Waals surface area (Å²) in [5.41, 5.74) is 2.29. The second-order valence-electron chi connectivity index (χ2n) is 7.14. The van der Waals surface area contributed by atoms with Crippen LogP contribution in [0.3, 0.4) is 0 Å². The highest BCUT2D eigenvalue weighted by atomic mass is 16.5. The third-order valence-corrected chi connectivity index (χ3v) is 5.28. The quantitative estimate of drug-likeness (QED) is 0.678. The molecule has 1 aliphatic rings. The number of ether oxygens (including phenoxy) is 2. The minimum atomic E-state index is -0.196. The van der Waals surface area contributed by atoms with Crippen LogP contribution in [0, 0.1) is 13.8 Å². The molecule has 3 aromatic rings. The molecule has 0 bridgehead atoms. The molecule has 0 N–H and O–H groups in total. The second-order valence-corrected chi connectivity index (χ2v) is 7.14. The number of carbonyl (C=O) groups excluding carboxylic acids is 1. The van der Waals surface area contributed by atoms with Crippen LogP contribution in [0.15, 0.2) is 36.7 Å². The third-order valence-electron chi connectivity index (χ3n) is 5.28. The summed E-state index contributed by atoms with van der Waals surface area (Å²) in [6, 6.07) is 7.78. The number of imidazole rings is 1. The average molecular weight is 395 g/mol. The Morgan fingerprint density at radius 1 is 1.31 bits per heavy atom. The Balaban J connectivity index is 1.64. The number of morpholine rings is 1. The van der Waals surface area contributed by atoms with Crippen LogP contribution >= 0.6 is 0 Å². The number of rotatable bonds is 4. The van der Waals surface area contributed by atoms with Crippen molar-refractivity contribution >= 4 is 5.91 Å². The van der Waals surface area contributed by atoms with Crippen LogP contribution in [0.2, 0.25) is 0 Å². The molecule has 152 valence electrons. The van der Waals surface area contributed by atoms with Gasteiger partial charge < -0.3 is 14.4 Å². The molecule has 1 atom stereocenters. The van der Waals surface area contributed by atoms with Crippen LogP contribution in [-0.4, -0.2) is 56.9 Å². The van der Waals surface area contributed by atoms with E-state index in [1.807, 2.05) is 60.8 Å². The molecule has 2 aromatic heterocycles. The van der Waals surface area contributed by atoms with E-state index in [0.29, 0.717) is 31.0 Å². The number of amides is 1. The topological polar surface area (TPSA) is 74.4 Å². The van der Waals surface area contributed by atoms with E-state index in [1.165, 1.54) is 0 Å². The van der Waals surface area contributed by atoms with Crippen LogP contribution in [-0.2, 0) is 11.8 Å². The summed E-state index contributed by atoms with van der Waals surface area (Å²) in [5.74, 6) is 2.26. The highest BCUT2D eigenvalue weighted by Crippen LogP contribution is 2.28. The number of aromatic nitrogens is 4. The molecule has 0 spiro atoms. The molecule has 0 radical (unpaired) electrons. The van der Waals surface area contributed by atoms with Gasteiger partial charge in [-0.1, -0.05) is 12.1 Å². The Kier molecular flexibility index (Phi) is 5.10. The third kappa shape index (κ3) is 3.51. The fourth-order valence-corrected chi connectivity index (χ4v) is 3.81. The maximum atomic E-state index is 13.5. The highest BCUT2D eigenvalue weighted by Gasteiger charge is 2.31. The molecule has 1 aliphatic heterocycles. The summed E-state index contributed by atoms with van der Waals surface area (Å²) >= 11 is 0. The number of carbonyl (C=O) groups is 1. The van der Waals surface area contributed by atoms with Gasteiger partial charge in [0.15, 0.2) is 0 Å². The molecule has 4 rings (SSSR count). The number of aryl methyl sites for hydroxylation is 3. The van der Waals surface area contributed by atoms with Crippen molar-refractivity contribution < 1.29 is 14.3 Å². The maximum absolute atomic E-state index is 13.5. The largest absolute Gasteiger partial charge is 0.497 e. The summed E-state index contributed by atoms with van der Waals surface area (Å²) < 4.78 is 14.9. The first kappa shape index (κ1) is 19.2. The van der Waals surface area contributed by atoms with E-state index in [9.17, 15) is 4.79 Å². The zero-order valence-electron chi connectivity index (χ0n) is 17.1. The molecular weight excluding hydrogens is 370 g/mol. The van der Waals surface area contributed by atoms with Crippen molar-refractivity contribution in [2.75, 3.05) is 26.8 Å². The number of nitrogens with zero attached hydrogens (tertiary/aromatic N) is 5. The van der Waals surface area contributed by atoms with Gasteiger partial charge in [-0.05, 0) is 31.5 Å². The Morgan fingerprint density at radius 3 is 2.86 bits per heavy atom. The molecule has 8 nitrogen and oxygen atoms in total. The van der Waals surface area contributed by atoms with Crippen LogP contribution < -0.4 is 4.74 Å². The number of methoxy groups -OCH3 is 1. The van der Waals surface area contributed by atoms with Crippen molar-refractivity contribution in [3.8, 4) is 11.6 Å². The second kappa shape index (κ2) is 7.71. The van der Waals surface area contributed by atoms with E-state index in [0.717, 1.165) is 23.0 Å². The average Bonchev–Trinajstić information content (AvgIpc) is 3.28. The first-order valence-corrected chi connectivity index (χ1v) is 9.58. The lowest BCUT2D eigenvalue weighted by Gasteiger charge is -2.33. The van der Waals surface area contributed by atoms with Gasteiger partial charge in [-0.25, -0.2) is 4.98 Å². The SMILES string of the molecule is COc1cccc(C2CN(C(=O)c3c(C)nn(C)c3-n3ccnc3C)CCO2)c1. The molecular formula is C21H25N5O3. The summed E-state index contributed by atoms with van der Waals surface area (Å²) in [5, 5.41) is 4.50. The van der Waals surface area contributed by atoms with Crippen LogP contribution in [0.4, 0.5) is 0 Å². The van der Waals surface area contributed by atoms with Crippen molar-refractivity contribution in [3.63, 3.8) is 0 Å². The van der Waals surface area contributed by atoms with Gasteiger partial charge in [0.1, 0.15) is 29.1 Å². The van der Waals surface area contributed by atoms with Crippen LogP contribution in [0.1, 0.15) is 33.5 Å². The maximum Gasteiger partial charge on any atom is 0.259 e. The van der Waals surface area contributed by atoms with Crippen molar-refractivity contribution in [2.24, 2.45) is 7.05 Å². The van der Waals surface area contributed by atoms with E-state index in [1.54, 1.807) is 18.0 Å². The molecule has 1 aromatic carbocycles. The summed E-state index contributed by atoms with van der Waals surface area (Å²) in [4.78, 5) is 19.6. The number of hydrogen-bond acceptors (Lipinski definition) is 5. The van der Waals surface area contributed by atoms with Gasteiger partial charge in [-0.3, -0.25) is 14.0 Å². The lowest BCUT2D eigenvalue weighted by molar-refractivity contribution is -0.0229. The molecule has 1 saturated heterocycles. The van der Waals surface area contributed by atoms with Crippen molar-refractivity contribution in [1.82, 2.24) is 24.2 Å². The predicted molar refractivity (Wildman–Crippen MR) is 107 cm³/mol. The lowest BCUT2D eigenvalue weighted by atomic mass is 10.1. The summed E-state index contributed by atoms with van der Waals surface area (Å²) in [6.45, 7) is 5.26. The van der Waals surface area contributed by atoms with E-state index < -0.39 is 0 Å². The molecule has 0 aliphatic carbocycles. The normalized spacial score (nSPS) is 16.8. The minimum Gasteiger partial charge on any atom is -0.497 e. The van der Waals surface area contributed by atoms with E-state index in [4.69, 9.17) is 9.47 Å². The standard InChI is InChI=1S/C21H25N5O3/c1-14-19(20(24(3)23-14)26-9-8-22-15(26)2)21(27)25-10-11-29-18(13-25)16-6-5-7-17(12-16)28-4/h5-9,12,18H,10-11,13H2,1-4H3. The first-order chi connectivity index (χ1) is 14.0. The summed E-state index contributed by atoms with van der Waals surface area (Å²) in [6.07, 6.45) is 3.37. The fraction of sp³-hybridized carbons (Fsp3) is 0.381. The monoisotopic (exact) mass is 395 g/mol. The molecule has 0 saturated carbocycles. The summed E-state index contributed by atoms with van der Waals surface area (Å²) in [7, 11) is 3.48. The minimum absolute atomic E-state index is 0.0464. The molecule has 3 heterocycles. The van der Waals surface area contributed by atoms with Gasteiger partial charge in [-0.2, -0.15) is 5.10 Å². The van der Waals surface area contributed by atoms with E-state index in [-0.39, 0.29) is 12.0 Å². The first-order valence-electron chi connectivity index (χ1n) is 9.58. The van der Waals surface area contributed by atoms with Crippen molar-refractivity contribution in [1.29, 1.82) is 0 Å². The molecule has 8 heteroatoms. The molecule has 1 unspecified atom stereocenters. The zero-order chi connectivity index (χ0) is 20.5. The smallest absolute Gasteiger partial charge is 0.259 e. The number of benzene rings is 1. The van der Waals surface area contributed by atoms with Crippen molar-refractivity contribution in [3.05, 3.63) is 59.3 Å². The van der Waals surface area contributed by atoms with Gasteiger partial charge in [0.2, 0.25) is 0 Å². The van der Waals surface area contributed by atoms with Gasteiger partial charge in [-0.15, -0.1) is 0 Å². The highest BCUT2D eigenvalue weighted by molar-refractivity contribution is 5.98. The van der Waals surface area contributed by atoms with Gasteiger partial charge in [0, 0.05) is 26.0 Å². The van der Waals surface area contributed by atoms with Gasteiger partial charge in [0.05, 0.1) is 26.0 Å². The Morgan fingerprint density at radius 2 is 2.14 bits per heavy atom. The van der Waals surface area contributed by atoms with Crippen LogP contribution in [0.25, 0.3) is 5.82 Å².